The van der Waals surface area contributed by atoms with Crippen molar-refractivity contribution in [1.82, 2.24) is 10.3 Å². The van der Waals surface area contributed by atoms with Gasteiger partial charge in [0.2, 0.25) is 0 Å². The third kappa shape index (κ3) is 5.22. The lowest BCUT2D eigenvalue weighted by atomic mass is 10.1. The maximum Gasteiger partial charge on any atom is 0.328 e. The normalized spacial score (nSPS) is 12.3. The average molecular weight is 276 g/mol. The summed E-state index contributed by atoms with van der Waals surface area (Å²) in [5, 5.41) is 11.5. The lowest BCUT2D eigenvalue weighted by molar-refractivity contribution is -0.131. The number of carbonyl (C=O) groups excluding carboxylic acids is 1. The van der Waals surface area contributed by atoms with Gasteiger partial charge in [0, 0.05) is 24.5 Å². The molecule has 1 aromatic heterocycles. The molecule has 0 fully saturated rings. The molecule has 1 unspecified atom stereocenters. The largest absolute Gasteiger partial charge is 0.478 e. The van der Waals surface area contributed by atoms with E-state index in [0.717, 1.165) is 25.3 Å². The third-order valence-electron chi connectivity index (χ3n) is 2.91. The van der Waals surface area contributed by atoms with Crippen LogP contribution < -0.4 is 5.32 Å². The fraction of sp³-hybridized carbons (Fsp3) is 0.400. The van der Waals surface area contributed by atoms with Crippen molar-refractivity contribution in [3.8, 4) is 0 Å². The predicted octanol–water partition coefficient (Wildman–Crippen LogP) is 2.49. The van der Waals surface area contributed by atoms with Crippen LogP contribution in [0.5, 0.6) is 0 Å². The molecule has 20 heavy (non-hydrogen) atoms. The van der Waals surface area contributed by atoms with Crippen molar-refractivity contribution in [2.24, 2.45) is 0 Å². The van der Waals surface area contributed by atoms with Gasteiger partial charge in [0.25, 0.3) is 5.91 Å². The minimum absolute atomic E-state index is 0.158. The molecule has 108 valence electrons. The molecule has 5 heteroatoms. The van der Waals surface area contributed by atoms with E-state index in [1.807, 2.05) is 6.92 Å². The Kier molecular flexibility index (Phi) is 6.43. The Labute approximate surface area is 118 Å². The van der Waals surface area contributed by atoms with Crippen LogP contribution in [0.1, 0.15) is 49.0 Å². The van der Waals surface area contributed by atoms with Crippen LogP contribution in [0.25, 0.3) is 6.08 Å². The zero-order valence-corrected chi connectivity index (χ0v) is 11.8. The van der Waals surface area contributed by atoms with E-state index in [2.05, 4.69) is 17.2 Å². The number of nitrogens with zero attached hydrogens (tertiary/aromatic N) is 1. The van der Waals surface area contributed by atoms with Gasteiger partial charge < -0.3 is 10.4 Å². The SMILES string of the molecule is CCCC(CC)NC(=O)c1cncc(C=CC(=O)O)c1. The van der Waals surface area contributed by atoms with Gasteiger partial charge in [-0.2, -0.15) is 0 Å². The van der Waals surface area contributed by atoms with Crippen LogP contribution >= 0.6 is 0 Å². The van der Waals surface area contributed by atoms with Gasteiger partial charge in [-0.05, 0) is 30.5 Å². The zero-order chi connectivity index (χ0) is 15.0. The molecule has 0 aliphatic rings. The number of amides is 1. The van der Waals surface area contributed by atoms with Crippen LogP contribution in [0.2, 0.25) is 0 Å². The van der Waals surface area contributed by atoms with E-state index >= 15 is 0 Å². The van der Waals surface area contributed by atoms with Crippen LogP contribution in [0.3, 0.4) is 0 Å². The number of aliphatic carboxylic acids is 1. The van der Waals surface area contributed by atoms with Crippen LogP contribution in [0, 0.1) is 0 Å². The maximum atomic E-state index is 12.1. The first-order valence-electron chi connectivity index (χ1n) is 6.73. The molecular weight excluding hydrogens is 256 g/mol. The lowest BCUT2D eigenvalue weighted by Crippen LogP contribution is -2.34. The van der Waals surface area contributed by atoms with E-state index in [9.17, 15) is 9.59 Å². The highest BCUT2D eigenvalue weighted by atomic mass is 16.4. The minimum atomic E-state index is -1.03. The Morgan fingerprint density at radius 3 is 2.75 bits per heavy atom. The second-order valence-electron chi connectivity index (χ2n) is 4.55. The summed E-state index contributed by atoms with van der Waals surface area (Å²) >= 11 is 0. The topological polar surface area (TPSA) is 79.3 Å². The van der Waals surface area contributed by atoms with E-state index in [-0.39, 0.29) is 11.9 Å². The third-order valence-corrected chi connectivity index (χ3v) is 2.91. The lowest BCUT2D eigenvalue weighted by Gasteiger charge is -2.15. The van der Waals surface area contributed by atoms with E-state index in [1.54, 1.807) is 6.07 Å². The highest BCUT2D eigenvalue weighted by Gasteiger charge is 2.11. The fourth-order valence-corrected chi connectivity index (χ4v) is 1.84. The molecule has 1 aromatic rings. The average Bonchev–Trinajstić information content (AvgIpc) is 2.44. The molecule has 1 amide bonds. The van der Waals surface area contributed by atoms with Crippen molar-refractivity contribution >= 4 is 18.0 Å². The predicted molar refractivity (Wildman–Crippen MR) is 77.4 cm³/mol. The summed E-state index contributed by atoms with van der Waals surface area (Å²) < 4.78 is 0. The molecule has 0 aromatic carbocycles. The van der Waals surface area contributed by atoms with Crippen molar-refractivity contribution in [2.75, 3.05) is 0 Å². The molecular formula is C15H20N2O3. The number of aromatic nitrogens is 1. The number of pyridine rings is 1. The molecule has 0 aliphatic heterocycles. The molecule has 0 spiro atoms. The monoisotopic (exact) mass is 276 g/mol. The smallest absolute Gasteiger partial charge is 0.328 e. The quantitative estimate of drug-likeness (QED) is 0.750. The Hall–Kier alpha value is -2.17. The number of carboxylic acids is 1. The van der Waals surface area contributed by atoms with Crippen LogP contribution in [-0.4, -0.2) is 28.0 Å². The Morgan fingerprint density at radius 1 is 1.40 bits per heavy atom. The van der Waals surface area contributed by atoms with Gasteiger partial charge in [0.1, 0.15) is 0 Å². The fourth-order valence-electron chi connectivity index (χ4n) is 1.84. The zero-order valence-electron chi connectivity index (χ0n) is 11.8. The summed E-state index contributed by atoms with van der Waals surface area (Å²) in [5.41, 5.74) is 1.02. The molecule has 1 rings (SSSR count). The second-order valence-corrected chi connectivity index (χ2v) is 4.55. The van der Waals surface area contributed by atoms with Gasteiger partial charge in [-0.1, -0.05) is 20.3 Å². The molecule has 0 bridgehead atoms. The Balaban J connectivity index is 2.78. The first-order valence-corrected chi connectivity index (χ1v) is 6.73. The summed E-state index contributed by atoms with van der Waals surface area (Å²) in [7, 11) is 0. The van der Waals surface area contributed by atoms with Crippen molar-refractivity contribution in [2.45, 2.75) is 39.2 Å². The highest BCUT2D eigenvalue weighted by molar-refractivity contribution is 5.95. The summed E-state index contributed by atoms with van der Waals surface area (Å²) in [5.74, 6) is -1.21. The van der Waals surface area contributed by atoms with Crippen LogP contribution in [0.4, 0.5) is 0 Å². The number of carbonyl (C=O) groups is 2. The molecule has 0 saturated heterocycles. The summed E-state index contributed by atoms with van der Waals surface area (Å²) in [4.78, 5) is 26.5. The number of rotatable bonds is 7. The molecule has 5 nitrogen and oxygen atoms in total. The van der Waals surface area contributed by atoms with Crippen molar-refractivity contribution in [1.29, 1.82) is 0 Å². The van der Waals surface area contributed by atoms with Gasteiger partial charge in [-0.15, -0.1) is 0 Å². The van der Waals surface area contributed by atoms with Gasteiger partial charge >= 0.3 is 5.97 Å². The van der Waals surface area contributed by atoms with E-state index in [1.165, 1.54) is 18.5 Å². The molecule has 0 aliphatic carbocycles. The highest BCUT2D eigenvalue weighted by Crippen LogP contribution is 2.07. The second kappa shape index (κ2) is 8.09. The summed E-state index contributed by atoms with van der Waals surface area (Å²) in [6, 6.07) is 1.78. The molecule has 0 saturated carbocycles. The van der Waals surface area contributed by atoms with E-state index in [0.29, 0.717) is 11.1 Å². The molecule has 1 atom stereocenters. The molecule has 0 radical (unpaired) electrons. The van der Waals surface area contributed by atoms with Crippen molar-refractivity contribution in [3.63, 3.8) is 0 Å². The maximum absolute atomic E-state index is 12.1. The van der Waals surface area contributed by atoms with Gasteiger partial charge in [0.05, 0.1) is 5.56 Å². The summed E-state index contributed by atoms with van der Waals surface area (Å²) in [6.07, 6.45) is 8.25. The standard InChI is InChI=1S/C15H20N2O3/c1-3-5-13(4-2)17-15(20)12-8-11(9-16-10-12)6-7-14(18)19/h6-10,13H,3-5H2,1-2H3,(H,17,20)(H,18,19). The first kappa shape index (κ1) is 15.9. The Bertz CT molecular complexity index is 498. The van der Waals surface area contributed by atoms with Crippen molar-refractivity contribution < 1.29 is 14.7 Å². The number of hydrogen-bond donors (Lipinski definition) is 2. The number of nitrogens with one attached hydrogen (secondary N) is 1. The van der Waals surface area contributed by atoms with Crippen molar-refractivity contribution in [3.05, 3.63) is 35.7 Å². The Morgan fingerprint density at radius 2 is 2.15 bits per heavy atom. The van der Waals surface area contributed by atoms with Crippen LogP contribution in [0.15, 0.2) is 24.5 Å². The van der Waals surface area contributed by atoms with E-state index in [4.69, 9.17) is 5.11 Å². The first-order chi connectivity index (χ1) is 9.56. The van der Waals surface area contributed by atoms with Crippen LogP contribution in [-0.2, 0) is 4.79 Å². The molecule has 2 N–H and O–H groups in total. The molecule has 1 heterocycles. The van der Waals surface area contributed by atoms with Gasteiger partial charge in [-0.3, -0.25) is 9.78 Å². The van der Waals surface area contributed by atoms with E-state index < -0.39 is 5.97 Å². The number of hydrogen-bond acceptors (Lipinski definition) is 3. The summed E-state index contributed by atoms with van der Waals surface area (Å²) in [6.45, 7) is 4.11. The minimum Gasteiger partial charge on any atom is -0.478 e. The number of carboxylic acid groups (broad SMARTS) is 1. The van der Waals surface area contributed by atoms with Gasteiger partial charge in [-0.25, -0.2) is 4.79 Å². The van der Waals surface area contributed by atoms with Gasteiger partial charge in [0.15, 0.2) is 0 Å².